The van der Waals surface area contributed by atoms with Crippen LogP contribution in [0.3, 0.4) is 0 Å². The molecule has 0 aromatic heterocycles. The third kappa shape index (κ3) is 4.58. The van der Waals surface area contributed by atoms with E-state index in [1.54, 1.807) is 0 Å². The van der Waals surface area contributed by atoms with Crippen molar-refractivity contribution in [2.45, 2.75) is 6.54 Å². The maximum Gasteiger partial charge on any atom is 0.0234 e. The Morgan fingerprint density at radius 2 is 1.50 bits per heavy atom. The second-order valence-electron chi connectivity index (χ2n) is 3.14. The molecule has 0 unspecified atom stereocenters. The molecule has 1 aromatic rings. The molecule has 0 bridgehead atoms. The first-order chi connectivity index (χ1) is 6.86. The number of halogens is 2. The van der Waals surface area contributed by atoms with Crippen molar-refractivity contribution < 1.29 is 0 Å². The first-order valence-electron chi connectivity index (χ1n) is 4.75. The van der Waals surface area contributed by atoms with Crippen LogP contribution in [0.5, 0.6) is 0 Å². The van der Waals surface area contributed by atoms with Gasteiger partial charge in [-0.2, -0.15) is 0 Å². The summed E-state index contributed by atoms with van der Waals surface area (Å²) in [4.78, 5) is 2.43. The Hall–Kier alpha value is 0.140. The van der Waals surface area contributed by atoms with Crippen LogP contribution >= 0.6 is 31.9 Å². The van der Waals surface area contributed by atoms with Crippen LogP contribution in [0.2, 0.25) is 0 Å². The zero-order valence-electron chi connectivity index (χ0n) is 8.13. The second kappa shape index (κ2) is 7.43. The minimum Gasteiger partial charge on any atom is -0.297 e. The lowest BCUT2D eigenvalue weighted by Gasteiger charge is -2.19. The molecule has 0 aliphatic carbocycles. The zero-order chi connectivity index (χ0) is 10.2. The molecule has 0 saturated carbocycles. The SMILES string of the molecule is BrCCN(CCBr)Cc1ccccc1. The third-order valence-electron chi connectivity index (χ3n) is 2.05. The second-order valence-corrected chi connectivity index (χ2v) is 4.73. The average molecular weight is 321 g/mol. The summed E-state index contributed by atoms with van der Waals surface area (Å²) >= 11 is 6.95. The van der Waals surface area contributed by atoms with E-state index in [-0.39, 0.29) is 0 Å². The molecule has 0 atom stereocenters. The molecule has 0 heterocycles. The summed E-state index contributed by atoms with van der Waals surface area (Å²) in [5.74, 6) is 0. The fraction of sp³-hybridized carbons (Fsp3) is 0.455. The highest BCUT2D eigenvalue weighted by Crippen LogP contribution is 2.05. The van der Waals surface area contributed by atoms with E-state index in [1.807, 2.05) is 0 Å². The maximum atomic E-state index is 3.48. The molecule has 0 saturated heterocycles. The fourth-order valence-corrected chi connectivity index (χ4v) is 2.35. The molecule has 0 N–H and O–H groups in total. The Bertz CT molecular complexity index is 232. The van der Waals surface area contributed by atoms with Gasteiger partial charge in [-0.3, -0.25) is 4.90 Å². The van der Waals surface area contributed by atoms with Crippen LogP contribution in [0.15, 0.2) is 30.3 Å². The Kier molecular flexibility index (Phi) is 6.48. The standard InChI is InChI=1S/C11H15Br2N/c12-6-8-14(9-7-13)10-11-4-2-1-3-5-11/h1-5H,6-10H2. The Morgan fingerprint density at radius 1 is 0.929 bits per heavy atom. The minimum atomic E-state index is 1.03. The molecule has 78 valence electrons. The number of rotatable bonds is 6. The number of benzene rings is 1. The van der Waals surface area contributed by atoms with Gasteiger partial charge < -0.3 is 0 Å². The molecule has 14 heavy (non-hydrogen) atoms. The van der Waals surface area contributed by atoms with Gasteiger partial charge in [0.2, 0.25) is 0 Å². The van der Waals surface area contributed by atoms with Crippen LogP contribution in [0.4, 0.5) is 0 Å². The van der Waals surface area contributed by atoms with E-state index < -0.39 is 0 Å². The molecule has 0 spiro atoms. The zero-order valence-corrected chi connectivity index (χ0v) is 11.3. The van der Waals surface area contributed by atoms with Gasteiger partial charge in [-0.15, -0.1) is 0 Å². The van der Waals surface area contributed by atoms with E-state index >= 15 is 0 Å². The fourth-order valence-electron chi connectivity index (χ4n) is 1.35. The highest BCUT2D eigenvalue weighted by atomic mass is 79.9. The van der Waals surface area contributed by atoms with Crippen molar-refractivity contribution in [3.05, 3.63) is 35.9 Å². The first kappa shape index (κ1) is 12.2. The van der Waals surface area contributed by atoms with Crippen molar-refractivity contribution in [1.29, 1.82) is 0 Å². The van der Waals surface area contributed by atoms with Gasteiger partial charge in [-0.1, -0.05) is 62.2 Å². The molecular formula is C11H15Br2N. The van der Waals surface area contributed by atoms with Gasteiger partial charge in [0.15, 0.2) is 0 Å². The summed E-state index contributed by atoms with van der Waals surface area (Å²) in [7, 11) is 0. The summed E-state index contributed by atoms with van der Waals surface area (Å²) in [5, 5.41) is 2.07. The smallest absolute Gasteiger partial charge is 0.0234 e. The van der Waals surface area contributed by atoms with Gasteiger partial charge in [-0.25, -0.2) is 0 Å². The lowest BCUT2D eigenvalue weighted by atomic mass is 10.2. The van der Waals surface area contributed by atoms with Crippen molar-refractivity contribution in [3.8, 4) is 0 Å². The number of hydrogen-bond acceptors (Lipinski definition) is 1. The summed E-state index contributed by atoms with van der Waals surface area (Å²) in [6, 6.07) is 10.6. The van der Waals surface area contributed by atoms with Gasteiger partial charge in [0.25, 0.3) is 0 Å². The van der Waals surface area contributed by atoms with E-state index in [2.05, 4.69) is 67.1 Å². The summed E-state index contributed by atoms with van der Waals surface area (Å²) in [6.07, 6.45) is 0. The van der Waals surface area contributed by atoms with Crippen LogP contribution in [-0.4, -0.2) is 28.6 Å². The number of nitrogens with zero attached hydrogens (tertiary/aromatic N) is 1. The highest BCUT2D eigenvalue weighted by Gasteiger charge is 2.03. The molecular weight excluding hydrogens is 306 g/mol. The summed E-state index contributed by atoms with van der Waals surface area (Å²) < 4.78 is 0. The first-order valence-corrected chi connectivity index (χ1v) is 6.99. The van der Waals surface area contributed by atoms with Crippen LogP contribution in [0.25, 0.3) is 0 Å². The van der Waals surface area contributed by atoms with Gasteiger partial charge in [0.1, 0.15) is 0 Å². The molecule has 1 aromatic carbocycles. The van der Waals surface area contributed by atoms with Crippen molar-refractivity contribution in [2.24, 2.45) is 0 Å². The van der Waals surface area contributed by atoms with E-state index in [1.165, 1.54) is 5.56 Å². The van der Waals surface area contributed by atoms with Crippen LogP contribution in [0.1, 0.15) is 5.56 Å². The molecule has 0 amide bonds. The Labute approximate surface area is 103 Å². The molecule has 1 rings (SSSR count). The van der Waals surface area contributed by atoms with Gasteiger partial charge in [0, 0.05) is 30.3 Å². The molecule has 0 aliphatic heterocycles. The van der Waals surface area contributed by atoms with Crippen molar-refractivity contribution in [3.63, 3.8) is 0 Å². The predicted molar refractivity (Wildman–Crippen MR) is 69.3 cm³/mol. The van der Waals surface area contributed by atoms with E-state index in [4.69, 9.17) is 0 Å². The van der Waals surface area contributed by atoms with Crippen molar-refractivity contribution in [1.82, 2.24) is 4.90 Å². The van der Waals surface area contributed by atoms with Crippen LogP contribution in [0, 0.1) is 0 Å². The molecule has 1 nitrogen and oxygen atoms in total. The van der Waals surface area contributed by atoms with Gasteiger partial charge in [-0.05, 0) is 5.56 Å². The quantitative estimate of drug-likeness (QED) is 0.727. The van der Waals surface area contributed by atoms with E-state index in [9.17, 15) is 0 Å². The largest absolute Gasteiger partial charge is 0.297 e. The lowest BCUT2D eigenvalue weighted by molar-refractivity contribution is 0.302. The maximum absolute atomic E-state index is 3.48. The molecule has 0 aliphatic rings. The predicted octanol–water partition coefficient (Wildman–Crippen LogP) is 3.28. The van der Waals surface area contributed by atoms with E-state index in [0.29, 0.717) is 0 Å². The van der Waals surface area contributed by atoms with Gasteiger partial charge in [0.05, 0.1) is 0 Å². The summed E-state index contributed by atoms with van der Waals surface area (Å²) in [6.45, 7) is 3.24. The lowest BCUT2D eigenvalue weighted by Crippen LogP contribution is -2.27. The van der Waals surface area contributed by atoms with Crippen molar-refractivity contribution in [2.75, 3.05) is 23.7 Å². The van der Waals surface area contributed by atoms with Crippen molar-refractivity contribution >= 4 is 31.9 Å². The molecule has 0 radical (unpaired) electrons. The molecule has 0 fully saturated rings. The average Bonchev–Trinajstić information content (AvgIpc) is 2.20. The van der Waals surface area contributed by atoms with Crippen LogP contribution in [-0.2, 0) is 6.54 Å². The topological polar surface area (TPSA) is 3.24 Å². The Balaban J connectivity index is 2.46. The number of hydrogen-bond donors (Lipinski definition) is 0. The van der Waals surface area contributed by atoms with Crippen LogP contribution < -0.4 is 0 Å². The normalized spacial score (nSPS) is 10.8. The third-order valence-corrected chi connectivity index (χ3v) is 2.76. The highest BCUT2D eigenvalue weighted by molar-refractivity contribution is 9.09. The summed E-state index contributed by atoms with van der Waals surface area (Å²) in [5.41, 5.74) is 1.38. The van der Waals surface area contributed by atoms with E-state index in [0.717, 1.165) is 30.3 Å². The Morgan fingerprint density at radius 3 is 2.00 bits per heavy atom. The minimum absolute atomic E-state index is 1.03. The van der Waals surface area contributed by atoms with Gasteiger partial charge >= 0.3 is 0 Å². The monoisotopic (exact) mass is 319 g/mol. The number of alkyl halides is 2. The molecule has 3 heteroatoms.